The normalized spacial score (nSPS) is 15.5. The van der Waals surface area contributed by atoms with Gasteiger partial charge in [0.2, 0.25) is 0 Å². The number of nitrogens with two attached hydrogens (primary N) is 1. The minimum Gasteiger partial charge on any atom is -0.508 e. The summed E-state index contributed by atoms with van der Waals surface area (Å²) in [4.78, 5) is 6.25. The number of hydrogen-bond acceptors (Lipinski definition) is 5. The SMILES string of the molecule is C#C.C/C=C(/C=C(\N)CC(O)(CC(C)(C)c1cc(F)ccc1O)C(F)(F)F)N=C(C)CN(C)C. The topological polar surface area (TPSA) is 82.1 Å². The minimum absolute atomic E-state index is 0.0409. The number of terminal acetylenes is 1. The summed E-state index contributed by atoms with van der Waals surface area (Å²) in [6.45, 7) is 6.81. The predicted octanol–water partition coefficient (Wildman–Crippen LogP) is 4.90. The summed E-state index contributed by atoms with van der Waals surface area (Å²) in [6, 6.07) is 3.04. The van der Waals surface area contributed by atoms with Crippen LogP contribution in [0.2, 0.25) is 0 Å². The monoisotopic (exact) mass is 485 g/mol. The fourth-order valence-corrected chi connectivity index (χ4v) is 3.61. The number of aromatic hydroxyl groups is 1. The van der Waals surface area contributed by atoms with Crippen LogP contribution >= 0.6 is 0 Å². The maximum Gasteiger partial charge on any atom is 0.417 e. The standard InChI is InChI=1S/C23H33F4N3O2.C2H2/c1-7-18(29-15(2)13-30(5)6)11-17(28)12-22(32,23(25,26)27)14-21(3,4)19-10-16(24)8-9-20(19)31;1-2/h7-11,31-32H,12-14,28H2,1-6H3;1-2H/b17-11-,18-7-,29-15?;. The summed E-state index contributed by atoms with van der Waals surface area (Å²) in [7, 11) is 3.72. The van der Waals surface area contributed by atoms with Gasteiger partial charge in [-0.25, -0.2) is 4.39 Å². The second-order valence-electron chi connectivity index (χ2n) is 8.95. The fourth-order valence-electron chi connectivity index (χ4n) is 3.61. The maximum atomic E-state index is 13.9. The van der Waals surface area contributed by atoms with Crippen molar-refractivity contribution in [3.63, 3.8) is 0 Å². The largest absolute Gasteiger partial charge is 0.508 e. The average Bonchev–Trinajstić information content (AvgIpc) is 2.68. The van der Waals surface area contributed by atoms with Crippen LogP contribution in [-0.4, -0.2) is 53.2 Å². The number of hydrogen-bond donors (Lipinski definition) is 3. The summed E-state index contributed by atoms with van der Waals surface area (Å²) >= 11 is 0. The van der Waals surface area contributed by atoms with Gasteiger partial charge in [0.25, 0.3) is 0 Å². The van der Waals surface area contributed by atoms with Crippen molar-refractivity contribution in [3.8, 4) is 18.6 Å². The Labute approximate surface area is 199 Å². The molecule has 0 amide bonds. The summed E-state index contributed by atoms with van der Waals surface area (Å²) in [6.07, 6.45) is 4.13. The van der Waals surface area contributed by atoms with Crippen LogP contribution < -0.4 is 5.73 Å². The average molecular weight is 486 g/mol. The lowest BCUT2D eigenvalue weighted by Crippen LogP contribution is -2.50. The van der Waals surface area contributed by atoms with Gasteiger partial charge in [-0.05, 0) is 64.1 Å². The van der Waals surface area contributed by atoms with Crippen LogP contribution in [0.4, 0.5) is 17.6 Å². The van der Waals surface area contributed by atoms with E-state index in [1.54, 1.807) is 19.9 Å². The highest BCUT2D eigenvalue weighted by Gasteiger charge is 2.56. The number of aliphatic hydroxyl groups is 1. The van der Waals surface area contributed by atoms with Gasteiger partial charge in [-0.3, -0.25) is 4.99 Å². The number of nitrogens with zero attached hydrogens (tertiary/aromatic N) is 2. The molecule has 5 nitrogen and oxygen atoms in total. The van der Waals surface area contributed by atoms with E-state index in [9.17, 15) is 27.8 Å². The number of allylic oxidation sites excluding steroid dienone is 2. The summed E-state index contributed by atoms with van der Waals surface area (Å²) in [5.41, 5.74) is 2.12. The van der Waals surface area contributed by atoms with Crippen molar-refractivity contribution in [2.75, 3.05) is 20.6 Å². The Hall–Kier alpha value is -2.83. The van der Waals surface area contributed by atoms with Gasteiger partial charge in [-0.1, -0.05) is 19.9 Å². The summed E-state index contributed by atoms with van der Waals surface area (Å²) in [5.74, 6) is -1.06. The van der Waals surface area contributed by atoms with Crippen molar-refractivity contribution >= 4 is 5.71 Å². The summed E-state index contributed by atoms with van der Waals surface area (Å²) in [5, 5.41) is 20.7. The maximum absolute atomic E-state index is 13.9. The molecule has 1 aromatic carbocycles. The zero-order valence-electron chi connectivity index (χ0n) is 20.5. The van der Waals surface area contributed by atoms with E-state index in [1.807, 2.05) is 19.0 Å². The molecule has 1 atom stereocenters. The molecule has 1 rings (SSSR count). The Balaban J connectivity index is 0.00000529. The van der Waals surface area contributed by atoms with Gasteiger partial charge in [-0.2, -0.15) is 13.2 Å². The molecule has 0 aliphatic rings. The number of alkyl halides is 3. The molecule has 4 N–H and O–H groups in total. The molecule has 0 aliphatic carbocycles. The van der Waals surface area contributed by atoms with E-state index >= 15 is 0 Å². The Kier molecular flexibility index (Phi) is 11.5. The summed E-state index contributed by atoms with van der Waals surface area (Å²) < 4.78 is 55.5. The van der Waals surface area contributed by atoms with E-state index in [-0.39, 0.29) is 17.0 Å². The van der Waals surface area contributed by atoms with Crippen molar-refractivity contribution in [2.24, 2.45) is 10.7 Å². The lowest BCUT2D eigenvalue weighted by molar-refractivity contribution is -0.266. The molecular weight excluding hydrogens is 450 g/mol. The van der Waals surface area contributed by atoms with E-state index in [0.717, 1.165) is 23.9 Å². The Morgan fingerprint density at radius 3 is 2.24 bits per heavy atom. The van der Waals surface area contributed by atoms with Gasteiger partial charge in [0.15, 0.2) is 5.60 Å². The molecule has 0 saturated carbocycles. The van der Waals surface area contributed by atoms with E-state index < -0.39 is 35.9 Å². The minimum atomic E-state index is -5.02. The third-order valence-corrected chi connectivity index (χ3v) is 4.94. The smallest absolute Gasteiger partial charge is 0.417 e. The molecule has 0 saturated heterocycles. The van der Waals surface area contributed by atoms with Crippen molar-refractivity contribution < 1.29 is 27.8 Å². The molecule has 9 heteroatoms. The fraction of sp³-hybridized carbons (Fsp3) is 0.480. The first kappa shape index (κ1) is 31.2. The molecule has 0 heterocycles. The van der Waals surface area contributed by atoms with E-state index in [1.165, 1.54) is 19.9 Å². The Morgan fingerprint density at radius 2 is 1.76 bits per heavy atom. The van der Waals surface area contributed by atoms with Crippen molar-refractivity contribution in [1.82, 2.24) is 4.90 Å². The zero-order valence-corrected chi connectivity index (χ0v) is 20.5. The highest BCUT2D eigenvalue weighted by atomic mass is 19.4. The van der Waals surface area contributed by atoms with Gasteiger partial charge >= 0.3 is 6.18 Å². The van der Waals surface area contributed by atoms with Gasteiger partial charge in [0.1, 0.15) is 11.6 Å². The second-order valence-corrected chi connectivity index (χ2v) is 8.95. The number of rotatable bonds is 9. The van der Waals surface area contributed by atoms with Crippen LogP contribution in [0.5, 0.6) is 5.75 Å². The van der Waals surface area contributed by atoms with Crippen molar-refractivity contribution in [3.05, 3.63) is 53.1 Å². The first-order valence-corrected chi connectivity index (χ1v) is 10.4. The second kappa shape index (κ2) is 12.6. The zero-order chi connectivity index (χ0) is 26.9. The van der Waals surface area contributed by atoms with Gasteiger partial charge in [0, 0.05) is 29.9 Å². The van der Waals surface area contributed by atoms with Crippen LogP contribution in [0.25, 0.3) is 0 Å². The number of halogens is 4. The molecule has 0 spiro atoms. The Bertz CT molecular complexity index is 932. The van der Waals surface area contributed by atoms with Gasteiger partial charge in [-0.15, -0.1) is 12.8 Å². The lowest BCUT2D eigenvalue weighted by Gasteiger charge is -2.38. The van der Waals surface area contributed by atoms with Crippen LogP contribution in [0.3, 0.4) is 0 Å². The van der Waals surface area contributed by atoms with Crippen LogP contribution in [0.1, 0.15) is 46.1 Å². The molecule has 1 unspecified atom stereocenters. The van der Waals surface area contributed by atoms with Gasteiger partial charge < -0.3 is 20.8 Å². The van der Waals surface area contributed by atoms with Crippen molar-refractivity contribution in [1.29, 1.82) is 0 Å². The molecule has 1 aromatic rings. The highest BCUT2D eigenvalue weighted by molar-refractivity contribution is 5.85. The quantitative estimate of drug-likeness (QED) is 0.201. The van der Waals surface area contributed by atoms with E-state index in [0.29, 0.717) is 12.2 Å². The third kappa shape index (κ3) is 9.20. The third-order valence-electron chi connectivity index (χ3n) is 4.94. The molecule has 0 bridgehead atoms. The first-order valence-electron chi connectivity index (χ1n) is 10.4. The van der Waals surface area contributed by atoms with Crippen LogP contribution in [-0.2, 0) is 5.41 Å². The lowest BCUT2D eigenvalue weighted by atomic mass is 9.73. The first-order chi connectivity index (χ1) is 15.5. The van der Waals surface area contributed by atoms with E-state index in [2.05, 4.69) is 17.8 Å². The number of phenolic OH excluding ortho intramolecular Hbond substituents is 1. The van der Waals surface area contributed by atoms with Crippen molar-refractivity contribution in [2.45, 2.75) is 57.7 Å². The number of benzene rings is 1. The predicted molar refractivity (Wildman–Crippen MR) is 129 cm³/mol. The molecule has 0 aromatic heterocycles. The van der Waals surface area contributed by atoms with Crippen LogP contribution in [0, 0.1) is 18.7 Å². The number of phenols is 1. The molecule has 0 radical (unpaired) electrons. The molecule has 34 heavy (non-hydrogen) atoms. The molecular formula is C25H35F4N3O2. The molecule has 190 valence electrons. The number of aliphatic imine (C=N–C) groups is 1. The van der Waals surface area contributed by atoms with Gasteiger partial charge in [0.05, 0.1) is 5.70 Å². The van der Waals surface area contributed by atoms with E-state index in [4.69, 9.17) is 5.73 Å². The molecule has 0 aliphatic heterocycles. The van der Waals surface area contributed by atoms with Crippen LogP contribution in [0.15, 0.2) is 46.7 Å². The Morgan fingerprint density at radius 1 is 1.21 bits per heavy atom. The highest BCUT2D eigenvalue weighted by Crippen LogP contribution is 2.45. The molecule has 0 fully saturated rings.